The molecule has 10 nitrogen and oxygen atoms in total. The molecule has 0 fully saturated rings. The number of hydrogen-bond acceptors (Lipinski definition) is 6. The van der Waals surface area contributed by atoms with Crippen molar-refractivity contribution in [3.8, 4) is 17.1 Å². The molecule has 0 atom stereocenters. The van der Waals surface area contributed by atoms with Crippen molar-refractivity contribution in [1.82, 2.24) is 40.6 Å². The number of hydrazine groups is 1. The Morgan fingerprint density at radius 3 is 2.30 bits per heavy atom. The molecule has 0 spiro atoms. The van der Waals surface area contributed by atoms with Crippen LogP contribution in [0, 0.1) is 0 Å². The molecule has 162 valence electrons. The minimum Gasteiger partial charge on any atom is -0.271 e. The molecular formula is C23H18N8O2. The van der Waals surface area contributed by atoms with Gasteiger partial charge in [-0.1, -0.05) is 65.9 Å². The molecule has 0 bridgehead atoms. The van der Waals surface area contributed by atoms with Crippen LogP contribution in [0.3, 0.4) is 0 Å². The summed E-state index contributed by atoms with van der Waals surface area (Å²) in [5.41, 5.74) is 7.69. The Morgan fingerprint density at radius 2 is 1.52 bits per heavy atom. The van der Waals surface area contributed by atoms with Crippen LogP contribution in [0.4, 0.5) is 0 Å². The number of aromatic nitrogens is 6. The lowest BCUT2D eigenvalue weighted by Crippen LogP contribution is -2.43. The first-order chi connectivity index (χ1) is 16.2. The Labute approximate surface area is 187 Å². The van der Waals surface area contributed by atoms with Crippen LogP contribution in [-0.4, -0.2) is 41.6 Å². The van der Waals surface area contributed by atoms with E-state index in [1.165, 1.54) is 4.68 Å². The van der Waals surface area contributed by atoms with E-state index in [1.807, 2.05) is 78.9 Å². The third-order valence-corrected chi connectivity index (χ3v) is 4.87. The number of carbonyl (C=O) groups excluding carboxylic acids is 2. The van der Waals surface area contributed by atoms with Crippen molar-refractivity contribution in [2.24, 2.45) is 0 Å². The number of benzene rings is 3. The van der Waals surface area contributed by atoms with Gasteiger partial charge in [0, 0.05) is 5.56 Å². The Kier molecular flexibility index (Phi) is 5.30. The van der Waals surface area contributed by atoms with Crippen molar-refractivity contribution in [3.05, 3.63) is 90.8 Å². The van der Waals surface area contributed by atoms with E-state index in [0.29, 0.717) is 11.3 Å². The number of amides is 2. The quantitative estimate of drug-likeness (QED) is 0.406. The highest BCUT2D eigenvalue weighted by molar-refractivity contribution is 5.92. The van der Waals surface area contributed by atoms with Crippen molar-refractivity contribution in [3.63, 3.8) is 0 Å². The van der Waals surface area contributed by atoms with Gasteiger partial charge in [0.1, 0.15) is 12.1 Å². The molecular weight excluding hydrogens is 420 g/mol. The van der Waals surface area contributed by atoms with Gasteiger partial charge in [0.2, 0.25) is 5.82 Å². The molecule has 2 heterocycles. The number of nitrogens with one attached hydrogen (secondary N) is 2. The molecule has 0 radical (unpaired) electrons. The number of para-hydroxylation sites is 2. The van der Waals surface area contributed by atoms with E-state index in [9.17, 15) is 9.59 Å². The third kappa shape index (κ3) is 4.17. The molecule has 3 aromatic carbocycles. The van der Waals surface area contributed by atoms with E-state index in [2.05, 4.69) is 31.2 Å². The molecule has 0 aliphatic carbocycles. The first-order valence-electron chi connectivity index (χ1n) is 10.1. The van der Waals surface area contributed by atoms with Crippen molar-refractivity contribution in [2.75, 3.05) is 0 Å². The molecule has 0 aliphatic heterocycles. The first-order valence-corrected chi connectivity index (χ1v) is 10.1. The van der Waals surface area contributed by atoms with Gasteiger partial charge in [-0.15, -0.1) is 10.2 Å². The van der Waals surface area contributed by atoms with Crippen molar-refractivity contribution < 1.29 is 9.59 Å². The highest BCUT2D eigenvalue weighted by atomic mass is 16.2. The summed E-state index contributed by atoms with van der Waals surface area (Å²) in [4.78, 5) is 29.5. The van der Waals surface area contributed by atoms with Gasteiger partial charge in [-0.3, -0.25) is 20.4 Å². The van der Waals surface area contributed by atoms with Crippen LogP contribution in [0.15, 0.2) is 84.9 Å². The van der Waals surface area contributed by atoms with Crippen LogP contribution in [0.2, 0.25) is 0 Å². The molecule has 2 amide bonds. The lowest BCUT2D eigenvalue weighted by Gasteiger charge is -2.06. The molecule has 0 saturated heterocycles. The van der Waals surface area contributed by atoms with E-state index in [1.54, 1.807) is 10.7 Å². The maximum atomic E-state index is 12.7. The van der Waals surface area contributed by atoms with Gasteiger partial charge >= 0.3 is 5.91 Å². The molecule has 5 aromatic rings. The summed E-state index contributed by atoms with van der Waals surface area (Å²) in [6.45, 7) is -0.109. The second-order valence-electron chi connectivity index (χ2n) is 7.11. The molecule has 0 saturated carbocycles. The van der Waals surface area contributed by atoms with E-state index in [0.717, 1.165) is 16.8 Å². The molecule has 2 N–H and O–H groups in total. The zero-order valence-electron chi connectivity index (χ0n) is 17.3. The van der Waals surface area contributed by atoms with Gasteiger partial charge in [0.15, 0.2) is 5.82 Å². The van der Waals surface area contributed by atoms with Crippen LogP contribution in [0.5, 0.6) is 0 Å². The second-order valence-corrected chi connectivity index (χ2v) is 7.11. The van der Waals surface area contributed by atoms with E-state index in [4.69, 9.17) is 0 Å². The van der Waals surface area contributed by atoms with Gasteiger partial charge in [-0.2, -0.15) is 0 Å². The van der Waals surface area contributed by atoms with Crippen LogP contribution in [-0.2, 0) is 11.3 Å². The highest BCUT2D eigenvalue weighted by Crippen LogP contribution is 2.20. The average molecular weight is 438 g/mol. The number of fused-ring (bicyclic) bond motifs is 1. The second kappa shape index (κ2) is 8.71. The summed E-state index contributed by atoms with van der Waals surface area (Å²) < 4.78 is 3.04. The van der Waals surface area contributed by atoms with Crippen LogP contribution < -0.4 is 10.9 Å². The fourth-order valence-corrected chi connectivity index (χ4v) is 3.32. The smallest absolute Gasteiger partial charge is 0.271 e. The molecule has 0 unspecified atom stereocenters. The molecule has 2 aromatic heterocycles. The maximum absolute atomic E-state index is 12.7. The van der Waals surface area contributed by atoms with E-state index < -0.39 is 11.8 Å². The normalized spacial score (nSPS) is 10.8. The van der Waals surface area contributed by atoms with Crippen LogP contribution in [0.25, 0.3) is 28.1 Å². The van der Waals surface area contributed by atoms with Crippen molar-refractivity contribution >= 4 is 22.8 Å². The van der Waals surface area contributed by atoms with Crippen LogP contribution in [0.1, 0.15) is 10.6 Å². The number of nitrogens with zero attached hydrogens (tertiary/aromatic N) is 6. The van der Waals surface area contributed by atoms with Crippen LogP contribution >= 0.6 is 0 Å². The largest absolute Gasteiger partial charge is 0.309 e. The molecule has 10 heteroatoms. The average Bonchev–Trinajstić information content (AvgIpc) is 3.49. The van der Waals surface area contributed by atoms with Gasteiger partial charge in [-0.05, 0) is 24.3 Å². The predicted octanol–water partition coefficient (Wildman–Crippen LogP) is 2.14. The third-order valence-electron chi connectivity index (χ3n) is 4.87. The summed E-state index contributed by atoms with van der Waals surface area (Å²) in [7, 11) is 0. The van der Waals surface area contributed by atoms with Gasteiger partial charge in [-0.25, -0.2) is 14.3 Å². The maximum Gasteiger partial charge on any atom is 0.309 e. The minimum absolute atomic E-state index is 0.0794. The summed E-state index contributed by atoms with van der Waals surface area (Å²) in [5.74, 6) is -0.681. The van der Waals surface area contributed by atoms with Gasteiger partial charge < -0.3 is 0 Å². The fraction of sp³-hybridized carbons (Fsp3) is 0.0435. The topological polar surface area (TPSA) is 120 Å². The minimum atomic E-state index is -0.640. The predicted molar refractivity (Wildman–Crippen MR) is 120 cm³/mol. The zero-order valence-corrected chi connectivity index (χ0v) is 17.3. The summed E-state index contributed by atoms with van der Waals surface area (Å²) in [6.07, 6.45) is 0. The lowest BCUT2D eigenvalue weighted by molar-refractivity contribution is -0.122. The zero-order chi connectivity index (χ0) is 22.6. The van der Waals surface area contributed by atoms with E-state index >= 15 is 0 Å². The molecule has 0 aliphatic rings. The summed E-state index contributed by atoms with van der Waals surface area (Å²) in [6, 6.07) is 26.1. The van der Waals surface area contributed by atoms with Gasteiger partial charge in [0.25, 0.3) is 5.91 Å². The Balaban J connectivity index is 1.33. The summed E-state index contributed by atoms with van der Waals surface area (Å²) in [5, 5.41) is 12.3. The Hall–Kier alpha value is -4.86. The highest BCUT2D eigenvalue weighted by Gasteiger charge is 2.19. The SMILES string of the molecule is O=C(Cn1nnc2ccccc21)NNC(=O)c1nc(-c2ccccc2)n(-c2ccccc2)n1. The molecule has 33 heavy (non-hydrogen) atoms. The van der Waals surface area contributed by atoms with Crippen molar-refractivity contribution in [1.29, 1.82) is 0 Å². The van der Waals surface area contributed by atoms with E-state index in [-0.39, 0.29) is 12.4 Å². The van der Waals surface area contributed by atoms with Gasteiger partial charge in [0.05, 0.1) is 11.2 Å². The first kappa shape index (κ1) is 20.1. The number of rotatable bonds is 5. The number of hydrogen-bond donors (Lipinski definition) is 2. The fourth-order valence-electron chi connectivity index (χ4n) is 3.32. The van der Waals surface area contributed by atoms with Crippen molar-refractivity contribution in [2.45, 2.75) is 6.54 Å². The Bertz CT molecular complexity index is 1370. The lowest BCUT2D eigenvalue weighted by atomic mass is 10.2. The Morgan fingerprint density at radius 1 is 0.818 bits per heavy atom. The number of carbonyl (C=O) groups is 2. The summed E-state index contributed by atoms with van der Waals surface area (Å²) >= 11 is 0. The molecule has 5 rings (SSSR count). The monoisotopic (exact) mass is 438 g/mol. The standard InChI is InChI=1S/C23H18N8O2/c32-20(15-30-19-14-8-7-13-18(19)25-29-30)26-27-23(33)21-24-22(16-9-3-1-4-10-16)31(28-21)17-11-5-2-6-12-17/h1-14H,15H2,(H,26,32)(H,27,33).